The Morgan fingerprint density at radius 2 is 1.89 bits per heavy atom. The maximum absolute atomic E-state index is 9.81. The number of hydrogen-bond donors (Lipinski definition) is 2. The second-order valence-corrected chi connectivity index (χ2v) is 2.29. The zero-order valence-corrected chi connectivity index (χ0v) is 9.02. The molecule has 0 bridgehead atoms. The minimum atomic E-state index is -4.32. The second-order valence-electron chi connectivity index (χ2n) is 1.13. The van der Waals surface area contributed by atoms with Crippen LogP contribution in [0.3, 0.4) is 0 Å². The molecule has 0 aliphatic rings. The molecule has 9 heavy (non-hydrogen) atoms. The molecular formula is C2H5KNO4S. The van der Waals surface area contributed by atoms with Crippen LogP contribution in [0.25, 0.3) is 0 Å². The average molecular weight is 178 g/mol. The number of carbonyl (C=O) groups excluding carboxylic acids is 1. The molecule has 0 aromatic carbocycles. The van der Waals surface area contributed by atoms with Crippen LogP contribution < -0.4 is 4.72 Å². The van der Waals surface area contributed by atoms with E-state index in [1.807, 2.05) is 0 Å². The number of hydrogen-bond acceptors (Lipinski definition) is 3. The first kappa shape index (κ1) is 12.7. The van der Waals surface area contributed by atoms with Crippen LogP contribution >= 0.6 is 0 Å². The van der Waals surface area contributed by atoms with Gasteiger partial charge in [0.05, 0.1) is 0 Å². The van der Waals surface area contributed by atoms with Crippen LogP contribution in [-0.4, -0.2) is 70.3 Å². The molecule has 0 aliphatic carbocycles. The maximum Gasteiger partial charge on any atom is 0.359 e. The van der Waals surface area contributed by atoms with Gasteiger partial charge in [-0.3, -0.25) is 9.35 Å². The van der Waals surface area contributed by atoms with Crippen LogP contribution in [0.15, 0.2) is 0 Å². The third-order valence-electron chi connectivity index (χ3n) is 0.273. The summed E-state index contributed by atoms with van der Waals surface area (Å²) in [5.74, 6) is -0.812. The molecule has 0 unspecified atom stereocenters. The molecule has 0 atom stereocenters. The maximum atomic E-state index is 9.81. The second kappa shape index (κ2) is 4.77. The van der Waals surface area contributed by atoms with Gasteiger partial charge in [-0.25, -0.2) is 4.72 Å². The van der Waals surface area contributed by atoms with Crippen molar-refractivity contribution >= 4 is 67.6 Å². The summed E-state index contributed by atoms with van der Waals surface area (Å²) in [5.41, 5.74) is 0. The van der Waals surface area contributed by atoms with Gasteiger partial charge in [-0.05, 0) is 0 Å². The average Bonchev–Trinajstić information content (AvgIpc) is 1.21. The SMILES string of the molecule is CC(=O)NS(=O)(=O)O.[K]. The predicted molar refractivity (Wildman–Crippen MR) is 31.1 cm³/mol. The van der Waals surface area contributed by atoms with E-state index in [0.29, 0.717) is 0 Å². The van der Waals surface area contributed by atoms with Crippen LogP contribution in [0, 0.1) is 0 Å². The van der Waals surface area contributed by atoms with Crippen LogP contribution in [0.1, 0.15) is 6.92 Å². The summed E-state index contributed by atoms with van der Waals surface area (Å²) in [5, 5.41) is 0. The van der Waals surface area contributed by atoms with Crippen LogP contribution in [0.4, 0.5) is 0 Å². The number of carbonyl (C=O) groups is 1. The molecule has 0 saturated carbocycles. The molecule has 0 rings (SSSR count). The number of rotatable bonds is 1. The summed E-state index contributed by atoms with van der Waals surface area (Å²) in [4.78, 5) is 9.81. The summed E-state index contributed by atoms with van der Waals surface area (Å²) in [6, 6.07) is 0. The van der Waals surface area contributed by atoms with Gasteiger partial charge in [0.15, 0.2) is 0 Å². The molecule has 0 saturated heterocycles. The van der Waals surface area contributed by atoms with E-state index in [9.17, 15) is 13.2 Å². The first-order valence-electron chi connectivity index (χ1n) is 1.67. The Balaban J connectivity index is 0. The van der Waals surface area contributed by atoms with Crippen molar-refractivity contribution in [2.45, 2.75) is 6.92 Å². The minimum Gasteiger partial charge on any atom is -0.274 e. The molecule has 49 valence electrons. The van der Waals surface area contributed by atoms with E-state index in [0.717, 1.165) is 6.92 Å². The van der Waals surface area contributed by atoms with Crippen LogP contribution in [-0.2, 0) is 15.1 Å². The summed E-state index contributed by atoms with van der Waals surface area (Å²) in [6.45, 7) is 0.980. The molecule has 1 radical (unpaired) electrons. The molecule has 5 nitrogen and oxygen atoms in total. The van der Waals surface area contributed by atoms with E-state index in [-0.39, 0.29) is 51.4 Å². The van der Waals surface area contributed by atoms with E-state index in [1.165, 1.54) is 4.72 Å². The van der Waals surface area contributed by atoms with Crippen LogP contribution in [0.2, 0.25) is 0 Å². The Morgan fingerprint density at radius 3 is 1.89 bits per heavy atom. The normalized spacial score (nSPS) is 9.56. The van der Waals surface area contributed by atoms with Crippen molar-refractivity contribution < 1.29 is 17.8 Å². The topological polar surface area (TPSA) is 83.5 Å². The monoisotopic (exact) mass is 178 g/mol. The smallest absolute Gasteiger partial charge is 0.274 e. The first-order valence-corrected chi connectivity index (χ1v) is 3.11. The summed E-state index contributed by atoms with van der Waals surface area (Å²) in [7, 11) is -4.32. The molecule has 0 spiro atoms. The largest absolute Gasteiger partial charge is 0.359 e. The van der Waals surface area contributed by atoms with Crippen molar-refractivity contribution in [2.24, 2.45) is 0 Å². The van der Waals surface area contributed by atoms with Gasteiger partial charge in [-0.1, -0.05) is 0 Å². The molecule has 0 aromatic heterocycles. The molecule has 0 aromatic rings. The molecule has 2 N–H and O–H groups in total. The Bertz CT molecular complexity index is 185. The van der Waals surface area contributed by atoms with Gasteiger partial charge in [-0.15, -0.1) is 0 Å². The Morgan fingerprint density at radius 1 is 1.56 bits per heavy atom. The minimum absolute atomic E-state index is 0. The number of nitrogens with one attached hydrogen (secondary N) is 1. The summed E-state index contributed by atoms with van der Waals surface area (Å²) in [6.07, 6.45) is 0. The van der Waals surface area contributed by atoms with E-state index in [1.54, 1.807) is 0 Å². The van der Waals surface area contributed by atoms with Crippen molar-refractivity contribution in [2.75, 3.05) is 0 Å². The molecular weight excluding hydrogens is 173 g/mol. The number of amides is 1. The van der Waals surface area contributed by atoms with Gasteiger partial charge in [0, 0.05) is 58.3 Å². The van der Waals surface area contributed by atoms with Crippen molar-refractivity contribution in [3.8, 4) is 0 Å². The standard InChI is InChI=1S/C2H5NO4S.K/c1-2(4)3-8(5,6)7;/h1H3,(H,3,4)(H,5,6,7);. The fourth-order valence-corrected chi connectivity index (χ4v) is 0.545. The third kappa shape index (κ3) is 12.3. The third-order valence-corrected chi connectivity index (χ3v) is 0.818. The zero-order chi connectivity index (χ0) is 6.78. The van der Waals surface area contributed by atoms with E-state index >= 15 is 0 Å². The molecule has 7 heteroatoms. The molecule has 0 aliphatic heterocycles. The van der Waals surface area contributed by atoms with Crippen LogP contribution in [0.5, 0.6) is 0 Å². The van der Waals surface area contributed by atoms with Crippen molar-refractivity contribution in [3.05, 3.63) is 0 Å². The van der Waals surface area contributed by atoms with Gasteiger partial charge in [0.1, 0.15) is 0 Å². The zero-order valence-electron chi connectivity index (χ0n) is 5.08. The first-order chi connectivity index (χ1) is 3.42. The molecule has 1 amide bonds. The fraction of sp³-hybridized carbons (Fsp3) is 0.500. The molecule has 0 fully saturated rings. The predicted octanol–water partition coefficient (Wildman–Crippen LogP) is -1.46. The Kier molecular flexibility index (Phi) is 6.72. The summed E-state index contributed by atoms with van der Waals surface area (Å²) < 4.78 is 28.4. The molecule has 0 heterocycles. The van der Waals surface area contributed by atoms with Crippen molar-refractivity contribution in [1.29, 1.82) is 0 Å². The van der Waals surface area contributed by atoms with Gasteiger partial charge >= 0.3 is 10.3 Å². The van der Waals surface area contributed by atoms with E-state index in [2.05, 4.69) is 0 Å². The van der Waals surface area contributed by atoms with Gasteiger partial charge < -0.3 is 0 Å². The Labute approximate surface area is 95.5 Å². The van der Waals surface area contributed by atoms with Gasteiger partial charge in [-0.2, -0.15) is 8.42 Å². The van der Waals surface area contributed by atoms with Gasteiger partial charge in [0.2, 0.25) is 5.91 Å². The van der Waals surface area contributed by atoms with Crippen molar-refractivity contribution in [1.82, 2.24) is 4.72 Å². The Hall–Kier alpha value is 1.02. The van der Waals surface area contributed by atoms with E-state index < -0.39 is 16.2 Å². The quantitative estimate of drug-likeness (QED) is 0.380. The summed E-state index contributed by atoms with van der Waals surface area (Å²) >= 11 is 0. The van der Waals surface area contributed by atoms with E-state index in [4.69, 9.17) is 4.55 Å². The van der Waals surface area contributed by atoms with Gasteiger partial charge in [0.25, 0.3) is 0 Å². The van der Waals surface area contributed by atoms with Crippen molar-refractivity contribution in [3.63, 3.8) is 0 Å². The fourth-order valence-electron chi connectivity index (χ4n) is 0.182.